The van der Waals surface area contributed by atoms with Crippen molar-refractivity contribution >= 4 is 29.7 Å². The number of hydrogen-bond acceptors (Lipinski definition) is 5. The smallest absolute Gasteiger partial charge is 0.312 e. The number of likely N-dealkylation sites (N-methyl/N-ethyl adjacent to an activating group) is 1. The Kier molecular flexibility index (Phi) is 6.76. The second-order valence-corrected chi connectivity index (χ2v) is 5.83. The Morgan fingerprint density at radius 2 is 2.14 bits per heavy atom. The van der Waals surface area contributed by atoms with Crippen LogP contribution in [0.15, 0.2) is 0 Å². The number of carboxylic acid groups (broad SMARTS) is 1. The zero-order valence-corrected chi connectivity index (χ0v) is 12.9. The molecule has 0 bridgehead atoms. The summed E-state index contributed by atoms with van der Waals surface area (Å²) < 4.78 is 5.15. The van der Waals surface area contributed by atoms with Gasteiger partial charge >= 0.3 is 12.0 Å². The molecule has 0 aliphatic carbocycles. The Morgan fingerprint density at radius 3 is 2.67 bits per heavy atom. The predicted octanol–water partition coefficient (Wildman–Crippen LogP) is -0.666. The number of nitrogens with zero attached hydrogens (tertiary/aromatic N) is 1. The van der Waals surface area contributed by atoms with Gasteiger partial charge in [0.25, 0.3) is 0 Å². The molecule has 1 rings (SSSR count). The Balaban J connectivity index is 2.76. The monoisotopic (exact) mass is 319 g/mol. The van der Waals surface area contributed by atoms with Gasteiger partial charge in [0.2, 0.25) is 5.91 Å². The number of aliphatic carboxylic acids is 1. The van der Waals surface area contributed by atoms with E-state index in [1.54, 1.807) is 11.8 Å². The van der Waals surface area contributed by atoms with Crippen LogP contribution in [0.4, 0.5) is 4.79 Å². The molecule has 1 aliphatic rings. The quantitative estimate of drug-likeness (QED) is 0.572. The average molecular weight is 319 g/mol. The van der Waals surface area contributed by atoms with E-state index in [0.29, 0.717) is 12.2 Å². The van der Waals surface area contributed by atoms with Gasteiger partial charge in [-0.25, -0.2) is 4.79 Å². The van der Waals surface area contributed by atoms with E-state index in [1.165, 1.54) is 11.9 Å². The van der Waals surface area contributed by atoms with E-state index < -0.39 is 30.0 Å². The highest BCUT2D eigenvalue weighted by atomic mass is 32.2. The van der Waals surface area contributed by atoms with Crippen molar-refractivity contribution in [1.82, 2.24) is 10.2 Å². The summed E-state index contributed by atoms with van der Waals surface area (Å²) in [4.78, 5) is 35.9. The normalized spacial score (nSPS) is 22.6. The summed E-state index contributed by atoms with van der Waals surface area (Å²) in [6.07, 6.45) is 2.32. The van der Waals surface area contributed by atoms with Gasteiger partial charge in [-0.1, -0.05) is 0 Å². The number of ether oxygens (including phenoxy) is 1. The fourth-order valence-electron chi connectivity index (χ4n) is 2.23. The molecule has 0 saturated carbocycles. The highest BCUT2D eigenvalue weighted by Gasteiger charge is 2.40. The van der Waals surface area contributed by atoms with Crippen LogP contribution in [0, 0.1) is 5.92 Å². The molecule has 3 amide bonds. The van der Waals surface area contributed by atoms with Crippen LogP contribution < -0.4 is 11.1 Å². The van der Waals surface area contributed by atoms with Crippen LogP contribution in [0.2, 0.25) is 0 Å². The number of rotatable bonds is 7. The molecule has 4 N–H and O–H groups in total. The number of primary amides is 1. The largest absolute Gasteiger partial charge is 0.481 e. The first-order valence-corrected chi connectivity index (χ1v) is 7.90. The van der Waals surface area contributed by atoms with Crippen LogP contribution in [0.25, 0.3) is 0 Å². The van der Waals surface area contributed by atoms with Crippen LogP contribution >= 0.6 is 11.8 Å². The van der Waals surface area contributed by atoms with Crippen molar-refractivity contribution < 1.29 is 24.2 Å². The van der Waals surface area contributed by atoms with E-state index in [4.69, 9.17) is 15.6 Å². The minimum Gasteiger partial charge on any atom is -0.481 e. The number of nitrogens with two attached hydrogens (primary N) is 1. The summed E-state index contributed by atoms with van der Waals surface area (Å²) >= 11 is 1.54. The summed E-state index contributed by atoms with van der Waals surface area (Å²) in [5, 5.41) is 11.5. The number of carbonyl (C=O) groups is 3. The summed E-state index contributed by atoms with van der Waals surface area (Å²) in [5.41, 5.74) is 5.09. The number of amides is 3. The lowest BCUT2D eigenvalue weighted by atomic mass is 10.0. The van der Waals surface area contributed by atoms with Crippen molar-refractivity contribution in [1.29, 1.82) is 0 Å². The van der Waals surface area contributed by atoms with Gasteiger partial charge in [-0.3, -0.25) is 9.59 Å². The Morgan fingerprint density at radius 1 is 1.48 bits per heavy atom. The minimum absolute atomic E-state index is 0.0797. The van der Waals surface area contributed by atoms with Crippen LogP contribution in [-0.4, -0.2) is 72.3 Å². The van der Waals surface area contributed by atoms with Gasteiger partial charge in [0, 0.05) is 7.05 Å². The molecule has 120 valence electrons. The van der Waals surface area contributed by atoms with E-state index in [9.17, 15) is 14.4 Å². The van der Waals surface area contributed by atoms with E-state index in [2.05, 4.69) is 5.32 Å². The molecule has 1 saturated heterocycles. The fourth-order valence-corrected chi connectivity index (χ4v) is 2.71. The van der Waals surface area contributed by atoms with E-state index >= 15 is 0 Å². The van der Waals surface area contributed by atoms with Crippen LogP contribution in [0.3, 0.4) is 0 Å². The van der Waals surface area contributed by atoms with Crippen LogP contribution in [0.1, 0.15) is 6.42 Å². The number of hydrogen-bond donors (Lipinski definition) is 3. The number of carbonyl (C=O) groups excluding carboxylic acids is 2. The van der Waals surface area contributed by atoms with Gasteiger partial charge in [-0.15, -0.1) is 0 Å². The molecule has 21 heavy (non-hydrogen) atoms. The first-order chi connectivity index (χ1) is 9.88. The third-order valence-electron chi connectivity index (χ3n) is 3.44. The van der Waals surface area contributed by atoms with E-state index in [-0.39, 0.29) is 19.1 Å². The number of nitrogens with one attached hydrogen (secondary N) is 1. The zero-order chi connectivity index (χ0) is 16.0. The third-order valence-corrected chi connectivity index (χ3v) is 4.08. The van der Waals surface area contributed by atoms with Crippen LogP contribution in [0.5, 0.6) is 0 Å². The summed E-state index contributed by atoms with van der Waals surface area (Å²) in [6.45, 7) is 0.251. The maximum absolute atomic E-state index is 12.4. The Hall–Kier alpha value is -1.48. The number of urea groups is 1. The minimum atomic E-state index is -0.999. The SMILES string of the molecule is CSCCC(NC(N)=O)C(=O)N(C)C1COCC1C(=O)O. The molecule has 0 aromatic rings. The molecule has 0 aromatic heterocycles. The Labute approximate surface area is 127 Å². The zero-order valence-electron chi connectivity index (χ0n) is 12.1. The first kappa shape index (κ1) is 17.6. The maximum atomic E-state index is 12.4. The molecule has 1 aliphatic heterocycles. The van der Waals surface area contributed by atoms with Gasteiger partial charge in [0.15, 0.2) is 0 Å². The standard InChI is InChI=1S/C12H21N3O5S/c1-15(9-6-20-5-7(9)11(17)18)10(16)8(3-4-21-2)14-12(13)19/h7-9H,3-6H2,1-2H3,(H,17,18)(H3,13,14,19). The topological polar surface area (TPSA) is 122 Å². The second kappa shape index (κ2) is 8.08. The molecule has 1 fully saturated rings. The predicted molar refractivity (Wildman–Crippen MR) is 78.0 cm³/mol. The van der Waals surface area contributed by atoms with Crippen molar-refractivity contribution in [3.63, 3.8) is 0 Å². The molecule has 3 unspecified atom stereocenters. The van der Waals surface area contributed by atoms with Gasteiger partial charge in [0.1, 0.15) is 12.0 Å². The summed E-state index contributed by atoms with van der Waals surface area (Å²) in [6, 6.07) is -2.07. The second-order valence-electron chi connectivity index (χ2n) is 4.84. The van der Waals surface area contributed by atoms with Crippen molar-refractivity contribution in [2.45, 2.75) is 18.5 Å². The van der Waals surface area contributed by atoms with Gasteiger partial charge in [-0.2, -0.15) is 11.8 Å². The number of carboxylic acids is 1. The summed E-state index contributed by atoms with van der Waals surface area (Å²) in [5.74, 6) is -1.44. The molecule has 0 aromatic carbocycles. The Bertz CT molecular complexity index is 406. The van der Waals surface area contributed by atoms with Gasteiger partial charge in [0.05, 0.1) is 19.3 Å². The van der Waals surface area contributed by atoms with Gasteiger partial charge in [-0.05, 0) is 18.4 Å². The van der Waals surface area contributed by atoms with E-state index in [1.807, 2.05) is 6.26 Å². The van der Waals surface area contributed by atoms with Crippen LogP contribution in [-0.2, 0) is 14.3 Å². The highest BCUT2D eigenvalue weighted by molar-refractivity contribution is 7.98. The molecular formula is C12H21N3O5S. The maximum Gasteiger partial charge on any atom is 0.312 e. The molecule has 0 spiro atoms. The first-order valence-electron chi connectivity index (χ1n) is 6.50. The van der Waals surface area contributed by atoms with Crippen molar-refractivity contribution in [3.05, 3.63) is 0 Å². The van der Waals surface area contributed by atoms with Gasteiger partial charge < -0.3 is 25.8 Å². The summed E-state index contributed by atoms with van der Waals surface area (Å²) in [7, 11) is 1.52. The lowest BCUT2D eigenvalue weighted by Crippen LogP contribution is -2.54. The third kappa shape index (κ3) is 4.78. The van der Waals surface area contributed by atoms with Crippen molar-refractivity contribution in [2.24, 2.45) is 11.7 Å². The molecule has 1 heterocycles. The number of thioether (sulfide) groups is 1. The molecule has 9 heteroatoms. The molecular weight excluding hydrogens is 298 g/mol. The fraction of sp³-hybridized carbons (Fsp3) is 0.750. The lowest BCUT2D eigenvalue weighted by molar-refractivity contribution is -0.144. The molecule has 3 atom stereocenters. The van der Waals surface area contributed by atoms with Crippen molar-refractivity contribution in [2.75, 3.05) is 32.3 Å². The van der Waals surface area contributed by atoms with E-state index in [0.717, 1.165) is 0 Å². The van der Waals surface area contributed by atoms with Crippen molar-refractivity contribution in [3.8, 4) is 0 Å². The molecule has 0 radical (unpaired) electrons. The average Bonchev–Trinajstić information content (AvgIpc) is 2.90. The lowest BCUT2D eigenvalue weighted by Gasteiger charge is -2.30. The molecule has 8 nitrogen and oxygen atoms in total. The highest BCUT2D eigenvalue weighted by Crippen LogP contribution is 2.20.